The highest BCUT2D eigenvalue weighted by Gasteiger charge is 2.25. The first-order chi connectivity index (χ1) is 33.6. The number of benzene rings is 11. The van der Waals surface area contributed by atoms with Crippen molar-refractivity contribution in [3.63, 3.8) is 0 Å². The quantitative estimate of drug-likeness (QED) is 0.142. The zero-order valence-corrected chi connectivity index (χ0v) is 37.7. The third kappa shape index (κ3) is 6.45. The minimum atomic E-state index is 0.852. The molecule has 68 heavy (non-hydrogen) atoms. The molecule has 4 heteroatoms. The van der Waals surface area contributed by atoms with Crippen LogP contribution in [0, 0.1) is 13.8 Å². The lowest BCUT2D eigenvalue weighted by molar-refractivity contribution is 0.668. The number of hydrogen-bond acceptors (Lipinski definition) is 4. The summed E-state index contributed by atoms with van der Waals surface area (Å²) in [6.07, 6.45) is 0. The monoisotopic (exact) mass is 872 g/mol. The first kappa shape index (κ1) is 39.5. The van der Waals surface area contributed by atoms with E-state index in [0.717, 1.165) is 111 Å². The Balaban J connectivity index is 1.10. The largest absolute Gasteiger partial charge is 0.454 e. The van der Waals surface area contributed by atoms with E-state index in [9.17, 15) is 0 Å². The van der Waals surface area contributed by atoms with Gasteiger partial charge in [0.25, 0.3) is 0 Å². The maximum Gasteiger partial charge on any atom is 0.159 e. The topological polar surface area (TPSA) is 32.8 Å². The fourth-order valence-electron chi connectivity index (χ4n) is 10.4. The van der Waals surface area contributed by atoms with Crippen LogP contribution in [0.1, 0.15) is 11.1 Å². The summed E-state index contributed by atoms with van der Waals surface area (Å²) in [4.78, 5) is 4.71. The zero-order chi connectivity index (χ0) is 45.3. The Morgan fingerprint density at radius 2 is 0.647 bits per heavy atom. The summed E-state index contributed by atoms with van der Waals surface area (Å²) in [5.41, 5.74) is 16.6. The molecule has 4 nitrogen and oxygen atoms in total. The van der Waals surface area contributed by atoms with Gasteiger partial charge < -0.3 is 18.6 Å². The number of nitrogens with zero attached hydrogens (tertiary/aromatic N) is 2. The number of rotatable bonds is 8. The summed E-state index contributed by atoms with van der Waals surface area (Å²) in [7, 11) is 0. The van der Waals surface area contributed by atoms with E-state index in [-0.39, 0.29) is 0 Å². The van der Waals surface area contributed by atoms with Gasteiger partial charge in [-0.25, -0.2) is 0 Å². The van der Waals surface area contributed by atoms with Crippen molar-refractivity contribution in [1.82, 2.24) is 0 Å². The SMILES string of the molecule is Cc1ccc(N(c2ccc3c(-c4ccccc4)c4cc(N(c5ccc(C)cc5)c5cccc6c5oc5ccccc56)ccc4c(-c4ccccc4)c3c2)c2cccc3c2oc2ccccc23)cc1. The molecule has 0 amide bonds. The Morgan fingerprint density at radius 1 is 0.279 bits per heavy atom. The summed E-state index contributed by atoms with van der Waals surface area (Å²) in [6.45, 7) is 4.27. The summed E-state index contributed by atoms with van der Waals surface area (Å²) < 4.78 is 13.5. The van der Waals surface area contributed by atoms with Crippen molar-refractivity contribution in [2.75, 3.05) is 9.80 Å². The number of aryl methyl sites for hydroxylation is 2. The molecule has 0 unspecified atom stereocenters. The Morgan fingerprint density at radius 3 is 1.07 bits per heavy atom. The Kier molecular flexibility index (Phi) is 9.26. The molecule has 0 N–H and O–H groups in total. The van der Waals surface area contributed by atoms with E-state index in [4.69, 9.17) is 8.83 Å². The molecule has 0 aliphatic heterocycles. The third-order valence-corrected chi connectivity index (χ3v) is 13.6. The molecule has 2 heterocycles. The van der Waals surface area contributed by atoms with E-state index in [0.29, 0.717) is 0 Å². The van der Waals surface area contributed by atoms with Crippen LogP contribution >= 0.6 is 0 Å². The summed E-state index contributed by atoms with van der Waals surface area (Å²) in [6, 6.07) is 82.9. The van der Waals surface area contributed by atoms with Crippen LogP contribution in [0.5, 0.6) is 0 Å². The second kappa shape index (κ2) is 15.9. The molecular weight excluding hydrogens is 829 g/mol. The molecule has 0 atom stereocenters. The maximum absolute atomic E-state index is 6.73. The van der Waals surface area contributed by atoms with Crippen molar-refractivity contribution >= 4 is 99.5 Å². The van der Waals surface area contributed by atoms with Crippen LogP contribution in [0.25, 0.3) is 87.7 Å². The van der Waals surface area contributed by atoms with Crippen LogP contribution in [0.3, 0.4) is 0 Å². The van der Waals surface area contributed by atoms with E-state index in [1.54, 1.807) is 0 Å². The number of para-hydroxylation sites is 4. The molecule has 0 spiro atoms. The lowest BCUT2D eigenvalue weighted by Gasteiger charge is -2.28. The lowest BCUT2D eigenvalue weighted by Crippen LogP contribution is -2.11. The molecule has 0 fully saturated rings. The Bertz CT molecular complexity index is 3770. The van der Waals surface area contributed by atoms with Crippen molar-refractivity contribution in [2.45, 2.75) is 13.8 Å². The molecule has 13 aromatic rings. The average Bonchev–Trinajstić information content (AvgIpc) is 3.97. The van der Waals surface area contributed by atoms with Crippen LogP contribution in [0.4, 0.5) is 34.1 Å². The molecule has 0 saturated carbocycles. The van der Waals surface area contributed by atoms with Crippen LogP contribution in [0.15, 0.2) is 239 Å². The molecule has 13 rings (SSSR count). The second-order valence-corrected chi connectivity index (χ2v) is 17.8. The first-order valence-corrected chi connectivity index (χ1v) is 23.2. The minimum Gasteiger partial charge on any atom is -0.454 e. The van der Waals surface area contributed by atoms with Gasteiger partial charge in [0.15, 0.2) is 11.2 Å². The molecule has 322 valence electrons. The molecule has 2 aromatic heterocycles. The lowest BCUT2D eigenvalue weighted by atomic mass is 9.85. The third-order valence-electron chi connectivity index (χ3n) is 13.6. The molecule has 0 radical (unpaired) electrons. The van der Waals surface area contributed by atoms with Gasteiger partial charge in [-0.2, -0.15) is 0 Å². The van der Waals surface area contributed by atoms with Gasteiger partial charge in [-0.1, -0.05) is 169 Å². The highest BCUT2D eigenvalue weighted by molar-refractivity contribution is 6.23. The summed E-state index contributed by atoms with van der Waals surface area (Å²) >= 11 is 0. The predicted octanol–water partition coefficient (Wildman–Crippen LogP) is 18.7. The van der Waals surface area contributed by atoms with E-state index in [1.165, 1.54) is 22.3 Å². The number of hydrogen-bond donors (Lipinski definition) is 0. The minimum absolute atomic E-state index is 0.852. The Hall–Kier alpha value is -8.86. The molecule has 0 bridgehead atoms. The van der Waals surface area contributed by atoms with E-state index in [1.807, 2.05) is 12.1 Å². The average molecular weight is 873 g/mol. The predicted molar refractivity (Wildman–Crippen MR) is 286 cm³/mol. The highest BCUT2D eigenvalue weighted by atomic mass is 16.3. The van der Waals surface area contributed by atoms with Crippen molar-refractivity contribution in [3.05, 3.63) is 242 Å². The van der Waals surface area contributed by atoms with Gasteiger partial charge in [-0.3, -0.25) is 0 Å². The smallest absolute Gasteiger partial charge is 0.159 e. The number of anilines is 6. The first-order valence-electron chi connectivity index (χ1n) is 23.2. The van der Waals surface area contributed by atoms with Crippen LogP contribution in [-0.2, 0) is 0 Å². The van der Waals surface area contributed by atoms with Gasteiger partial charge in [0.05, 0.1) is 11.4 Å². The zero-order valence-electron chi connectivity index (χ0n) is 37.7. The second-order valence-electron chi connectivity index (χ2n) is 17.8. The van der Waals surface area contributed by atoms with Gasteiger partial charge in [0.1, 0.15) is 11.2 Å². The number of fused-ring (bicyclic) bond motifs is 8. The summed E-state index contributed by atoms with van der Waals surface area (Å²) in [5.74, 6) is 0. The summed E-state index contributed by atoms with van der Waals surface area (Å²) in [5, 5.41) is 9.02. The van der Waals surface area contributed by atoms with Crippen LogP contribution in [-0.4, -0.2) is 0 Å². The van der Waals surface area contributed by atoms with E-state index < -0.39 is 0 Å². The normalized spacial score (nSPS) is 11.7. The van der Waals surface area contributed by atoms with Crippen LogP contribution < -0.4 is 9.80 Å². The fourth-order valence-corrected chi connectivity index (χ4v) is 10.4. The van der Waals surface area contributed by atoms with Crippen LogP contribution in [0.2, 0.25) is 0 Å². The van der Waals surface area contributed by atoms with Gasteiger partial charge in [-0.15, -0.1) is 0 Å². The standard InChI is InChI=1S/C64H44N2O2/c1-41-27-31-45(32-28-41)65(57-23-13-21-53-49-19-9-11-25-59(49)67-63(53)57)47-35-37-51-55(39-47)61(43-15-5-3-6-16-43)52-38-36-48(40-56(52)62(51)44-17-7-4-8-18-44)66(46-33-29-42(2)30-34-46)58-24-14-22-54-50-20-10-12-26-60(50)68-64(54)58/h3-40H,1-2H3. The maximum atomic E-state index is 6.73. The van der Waals surface area contributed by atoms with Gasteiger partial charge in [0.2, 0.25) is 0 Å². The Labute approximate surface area is 394 Å². The van der Waals surface area contributed by atoms with Crippen molar-refractivity contribution < 1.29 is 8.83 Å². The number of furan rings is 2. The molecular formula is C64H44N2O2. The molecule has 0 saturated heterocycles. The van der Waals surface area contributed by atoms with E-state index in [2.05, 4.69) is 242 Å². The fraction of sp³-hybridized carbons (Fsp3) is 0.0312. The molecule has 11 aromatic carbocycles. The van der Waals surface area contributed by atoms with Gasteiger partial charge >= 0.3 is 0 Å². The highest BCUT2D eigenvalue weighted by Crippen LogP contribution is 2.50. The molecule has 0 aliphatic rings. The van der Waals surface area contributed by atoms with E-state index >= 15 is 0 Å². The van der Waals surface area contributed by atoms with Crippen molar-refractivity contribution in [1.29, 1.82) is 0 Å². The molecule has 0 aliphatic carbocycles. The van der Waals surface area contributed by atoms with Crippen molar-refractivity contribution in [2.24, 2.45) is 0 Å². The van der Waals surface area contributed by atoms with Crippen molar-refractivity contribution in [3.8, 4) is 22.3 Å². The van der Waals surface area contributed by atoms with Gasteiger partial charge in [-0.05, 0) is 130 Å². The van der Waals surface area contributed by atoms with Gasteiger partial charge in [0, 0.05) is 44.3 Å².